The lowest BCUT2D eigenvalue weighted by Crippen LogP contribution is -2.01. The lowest BCUT2D eigenvalue weighted by atomic mass is 10.2. The number of methoxy groups -OCH3 is 1. The monoisotopic (exact) mass is 205 g/mol. The Balaban J connectivity index is 2.50. The highest BCUT2D eigenvalue weighted by molar-refractivity contribution is 5.93. The van der Waals surface area contributed by atoms with E-state index in [1.165, 1.54) is 13.3 Å². The molecule has 0 saturated carbocycles. The summed E-state index contributed by atoms with van der Waals surface area (Å²) in [6.07, 6.45) is 1.48. The highest BCUT2D eigenvalue weighted by atomic mass is 16.5. The third kappa shape index (κ3) is 1.69. The zero-order valence-corrected chi connectivity index (χ0v) is 8.28. The van der Waals surface area contributed by atoms with Crippen LogP contribution in [0.2, 0.25) is 0 Å². The number of ether oxygens (including phenoxy) is 1. The van der Waals surface area contributed by atoms with Gasteiger partial charge in [-0.05, 0) is 12.1 Å². The zero-order valence-electron chi connectivity index (χ0n) is 8.28. The van der Waals surface area contributed by atoms with Gasteiger partial charge >= 0.3 is 5.97 Å². The number of hydrogen-bond acceptors (Lipinski definition) is 4. The first-order chi connectivity index (χ1) is 7.24. The molecular formula is C10H11N3O2. The number of nitrogens with one attached hydrogen (secondary N) is 1. The number of esters is 1. The summed E-state index contributed by atoms with van der Waals surface area (Å²) >= 11 is 0. The summed E-state index contributed by atoms with van der Waals surface area (Å²) in [6.45, 7) is 0.421. The highest BCUT2D eigenvalue weighted by Gasteiger charge is 2.08. The molecule has 2 rings (SSSR count). The van der Waals surface area contributed by atoms with E-state index < -0.39 is 0 Å². The molecule has 0 bridgehead atoms. The minimum atomic E-state index is -0.389. The van der Waals surface area contributed by atoms with Crippen LogP contribution in [0.3, 0.4) is 0 Å². The van der Waals surface area contributed by atoms with Gasteiger partial charge in [-0.25, -0.2) is 9.78 Å². The molecule has 0 aromatic carbocycles. The minimum Gasteiger partial charge on any atom is -0.465 e. The van der Waals surface area contributed by atoms with Crippen LogP contribution in [-0.2, 0) is 11.3 Å². The molecule has 15 heavy (non-hydrogen) atoms. The van der Waals surface area contributed by atoms with Crippen molar-refractivity contribution in [3.05, 3.63) is 29.6 Å². The van der Waals surface area contributed by atoms with Gasteiger partial charge in [-0.15, -0.1) is 0 Å². The first-order valence-electron chi connectivity index (χ1n) is 4.50. The number of aromatic nitrogens is 2. The largest absolute Gasteiger partial charge is 0.465 e. The second kappa shape index (κ2) is 3.70. The van der Waals surface area contributed by atoms with E-state index in [9.17, 15) is 4.79 Å². The Labute approximate surface area is 86.3 Å². The fourth-order valence-electron chi connectivity index (χ4n) is 1.41. The number of fused-ring (bicyclic) bond motifs is 1. The van der Waals surface area contributed by atoms with Gasteiger partial charge in [-0.2, -0.15) is 0 Å². The van der Waals surface area contributed by atoms with Gasteiger partial charge in [0.15, 0.2) is 0 Å². The summed E-state index contributed by atoms with van der Waals surface area (Å²) in [4.78, 5) is 18.4. The molecule has 0 unspecified atom stereocenters. The van der Waals surface area contributed by atoms with E-state index in [1.807, 2.05) is 6.07 Å². The maximum absolute atomic E-state index is 11.2. The van der Waals surface area contributed by atoms with E-state index in [4.69, 9.17) is 5.73 Å². The summed E-state index contributed by atoms with van der Waals surface area (Å²) in [6, 6.07) is 3.60. The van der Waals surface area contributed by atoms with E-state index >= 15 is 0 Å². The second-order valence-electron chi connectivity index (χ2n) is 3.15. The van der Waals surface area contributed by atoms with Crippen LogP contribution < -0.4 is 5.73 Å². The molecule has 0 aliphatic carbocycles. The third-order valence-corrected chi connectivity index (χ3v) is 2.17. The number of hydrogen-bond donors (Lipinski definition) is 2. The van der Waals surface area contributed by atoms with Gasteiger partial charge in [-0.1, -0.05) is 0 Å². The van der Waals surface area contributed by atoms with Crippen LogP contribution in [-0.4, -0.2) is 23.0 Å². The average Bonchev–Trinajstić information content (AvgIpc) is 2.69. The van der Waals surface area contributed by atoms with Gasteiger partial charge in [0.25, 0.3) is 0 Å². The SMILES string of the molecule is COC(=O)c1cnc2[nH]c(CN)cc2c1. The summed E-state index contributed by atoms with van der Waals surface area (Å²) < 4.78 is 4.60. The fraction of sp³-hybridized carbons (Fsp3) is 0.200. The number of carbonyl (C=O) groups is 1. The predicted octanol–water partition coefficient (Wildman–Crippen LogP) is 0.808. The minimum absolute atomic E-state index is 0.389. The van der Waals surface area contributed by atoms with Crippen LogP contribution in [0.1, 0.15) is 16.1 Å². The molecule has 3 N–H and O–H groups in total. The van der Waals surface area contributed by atoms with Crippen LogP contribution >= 0.6 is 0 Å². The molecule has 0 atom stereocenters. The average molecular weight is 205 g/mol. The lowest BCUT2D eigenvalue weighted by molar-refractivity contribution is 0.0600. The van der Waals surface area contributed by atoms with Gasteiger partial charge in [0.2, 0.25) is 0 Å². The number of carbonyl (C=O) groups excluding carboxylic acids is 1. The molecule has 0 fully saturated rings. The smallest absolute Gasteiger partial charge is 0.339 e. The molecule has 78 valence electrons. The Morgan fingerprint density at radius 3 is 3.07 bits per heavy atom. The van der Waals surface area contributed by atoms with Crippen molar-refractivity contribution in [2.24, 2.45) is 5.73 Å². The molecule has 5 nitrogen and oxygen atoms in total. The molecule has 0 amide bonds. The Hall–Kier alpha value is -1.88. The summed E-state index contributed by atoms with van der Waals surface area (Å²) in [5.74, 6) is -0.389. The second-order valence-corrected chi connectivity index (χ2v) is 3.15. The lowest BCUT2D eigenvalue weighted by Gasteiger charge is -1.97. The van der Waals surface area contributed by atoms with Crippen molar-refractivity contribution in [3.8, 4) is 0 Å². The van der Waals surface area contributed by atoms with Crippen LogP contribution in [0.25, 0.3) is 11.0 Å². The normalized spacial score (nSPS) is 10.5. The number of H-pyrrole nitrogens is 1. The number of nitrogens with two attached hydrogens (primary N) is 1. The standard InChI is InChI=1S/C10H11N3O2/c1-15-10(14)7-2-6-3-8(4-11)13-9(6)12-5-7/h2-3,5H,4,11H2,1H3,(H,12,13). The maximum atomic E-state index is 11.2. The zero-order chi connectivity index (χ0) is 10.8. The van der Waals surface area contributed by atoms with Crippen LogP contribution in [0.15, 0.2) is 18.3 Å². The summed E-state index contributed by atoms with van der Waals surface area (Å²) in [5, 5.41) is 0.860. The van der Waals surface area contributed by atoms with Gasteiger partial charge in [0, 0.05) is 23.8 Å². The van der Waals surface area contributed by atoms with E-state index in [0.29, 0.717) is 12.1 Å². The quantitative estimate of drug-likeness (QED) is 0.711. The van der Waals surface area contributed by atoms with Gasteiger partial charge < -0.3 is 15.5 Å². The van der Waals surface area contributed by atoms with E-state index in [0.717, 1.165) is 16.7 Å². The third-order valence-electron chi connectivity index (χ3n) is 2.17. The molecule has 0 spiro atoms. The van der Waals surface area contributed by atoms with Gasteiger partial charge in [-0.3, -0.25) is 0 Å². The van der Waals surface area contributed by atoms with Crippen LogP contribution in [0.4, 0.5) is 0 Å². The van der Waals surface area contributed by atoms with E-state index in [-0.39, 0.29) is 5.97 Å². The van der Waals surface area contributed by atoms with Crippen molar-refractivity contribution in [1.82, 2.24) is 9.97 Å². The molecule has 5 heteroatoms. The fourth-order valence-corrected chi connectivity index (χ4v) is 1.41. The molecule has 2 aromatic rings. The van der Waals surface area contributed by atoms with Crippen molar-refractivity contribution in [2.45, 2.75) is 6.54 Å². The first-order valence-corrected chi connectivity index (χ1v) is 4.50. The number of rotatable bonds is 2. The number of nitrogens with zero attached hydrogens (tertiary/aromatic N) is 1. The molecular weight excluding hydrogens is 194 g/mol. The van der Waals surface area contributed by atoms with Gasteiger partial charge in [0.05, 0.1) is 12.7 Å². The van der Waals surface area contributed by atoms with Crippen molar-refractivity contribution in [3.63, 3.8) is 0 Å². The predicted molar refractivity (Wildman–Crippen MR) is 55.3 cm³/mol. The Bertz CT molecular complexity index is 504. The Morgan fingerprint density at radius 1 is 1.60 bits per heavy atom. The highest BCUT2D eigenvalue weighted by Crippen LogP contribution is 2.14. The molecule has 0 saturated heterocycles. The topological polar surface area (TPSA) is 81.0 Å². The molecule has 0 radical (unpaired) electrons. The van der Waals surface area contributed by atoms with Crippen molar-refractivity contribution < 1.29 is 9.53 Å². The van der Waals surface area contributed by atoms with Crippen molar-refractivity contribution in [1.29, 1.82) is 0 Å². The Kier molecular flexibility index (Phi) is 2.39. The Morgan fingerprint density at radius 2 is 2.40 bits per heavy atom. The molecule has 2 heterocycles. The maximum Gasteiger partial charge on any atom is 0.339 e. The van der Waals surface area contributed by atoms with Crippen molar-refractivity contribution in [2.75, 3.05) is 7.11 Å². The van der Waals surface area contributed by atoms with E-state index in [1.54, 1.807) is 6.07 Å². The molecule has 0 aliphatic rings. The molecule has 2 aromatic heterocycles. The summed E-state index contributed by atoms with van der Waals surface area (Å²) in [7, 11) is 1.34. The molecule has 0 aliphatic heterocycles. The summed E-state index contributed by atoms with van der Waals surface area (Å²) in [5.41, 5.74) is 7.54. The van der Waals surface area contributed by atoms with Gasteiger partial charge in [0.1, 0.15) is 5.65 Å². The van der Waals surface area contributed by atoms with E-state index in [2.05, 4.69) is 14.7 Å². The van der Waals surface area contributed by atoms with Crippen molar-refractivity contribution >= 4 is 17.0 Å². The van der Waals surface area contributed by atoms with Crippen LogP contribution in [0.5, 0.6) is 0 Å². The number of aromatic amines is 1. The number of pyridine rings is 1. The van der Waals surface area contributed by atoms with Crippen LogP contribution in [0, 0.1) is 0 Å². The first kappa shape index (κ1) is 9.67.